The number of aromatic nitrogens is 2. The number of nitrogens with zero attached hydrogens (tertiary/aromatic N) is 3. The molecule has 3 aromatic rings. The van der Waals surface area contributed by atoms with Crippen molar-refractivity contribution in [3.8, 4) is 11.4 Å². The van der Waals surface area contributed by atoms with Gasteiger partial charge in [-0.3, -0.25) is 14.9 Å². The highest BCUT2D eigenvalue weighted by atomic mass is 32.2. The highest BCUT2D eigenvalue weighted by Gasteiger charge is 2.25. The lowest BCUT2D eigenvalue weighted by molar-refractivity contribution is -0.384. The van der Waals surface area contributed by atoms with Crippen molar-refractivity contribution in [1.82, 2.24) is 9.78 Å². The van der Waals surface area contributed by atoms with Gasteiger partial charge in [0.15, 0.2) is 0 Å². The van der Waals surface area contributed by atoms with Gasteiger partial charge in [-0.15, -0.1) is 0 Å². The van der Waals surface area contributed by atoms with Crippen LogP contribution in [0.3, 0.4) is 0 Å². The van der Waals surface area contributed by atoms with Gasteiger partial charge in [0.05, 0.1) is 23.4 Å². The molecule has 4 rings (SSSR count). The third-order valence-corrected chi connectivity index (χ3v) is 5.39. The van der Waals surface area contributed by atoms with Gasteiger partial charge in [-0.1, -0.05) is 6.07 Å². The number of carbonyl (C=O) groups excluding carboxylic acids is 1. The summed E-state index contributed by atoms with van der Waals surface area (Å²) >= 11 is 1.73. The topological polar surface area (TPSA) is 99.3 Å². The Morgan fingerprint density at radius 2 is 2.04 bits per heavy atom. The molecule has 2 aromatic carbocycles. The number of methoxy groups -OCH3 is 1. The number of nitro benzene ring substituents is 1. The van der Waals surface area contributed by atoms with E-state index in [9.17, 15) is 14.9 Å². The first-order valence-corrected chi connectivity index (χ1v) is 9.61. The third-order valence-electron chi connectivity index (χ3n) is 4.42. The highest BCUT2D eigenvalue weighted by molar-refractivity contribution is 7.98. The monoisotopic (exact) mass is 396 g/mol. The zero-order chi connectivity index (χ0) is 19.7. The van der Waals surface area contributed by atoms with Crippen molar-refractivity contribution >= 4 is 29.2 Å². The van der Waals surface area contributed by atoms with Gasteiger partial charge in [-0.05, 0) is 30.3 Å². The molecule has 8 nitrogen and oxygen atoms in total. The predicted molar refractivity (Wildman–Crippen MR) is 106 cm³/mol. The third kappa shape index (κ3) is 3.31. The number of nitrogens with one attached hydrogen (secondary N) is 1. The number of anilines is 1. The summed E-state index contributed by atoms with van der Waals surface area (Å²) in [6.45, 7) is 0. The molecule has 1 aliphatic heterocycles. The zero-order valence-electron chi connectivity index (χ0n) is 14.9. The Balaban J connectivity index is 1.70. The molecule has 0 spiro atoms. The van der Waals surface area contributed by atoms with E-state index in [1.807, 2.05) is 0 Å². The average Bonchev–Trinajstić information content (AvgIpc) is 3.30. The maximum Gasteiger partial charge on any atom is 0.269 e. The Morgan fingerprint density at radius 1 is 1.25 bits per heavy atom. The number of fused-ring (bicyclic) bond motifs is 1. The van der Waals surface area contributed by atoms with Crippen LogP contribution >= 0.6 is 11.8 Å². The van der Waals surface area contributed by atoms with Crippen LogP contribution in [0.15, 0.2) is 48.5 Å². The maximum absolute atomic E-state index is 12.8. The van der Waals surface area contributed by atoms with Crippen LogP contribution in [-0.4, -0.2) is 27.7 Å². The summed E-state index contributed by atoms with van der Waals surface area (Å²) in [4.78, 5) is 23.3. The molecule has 1 aliphatic rings. The molecule has 28 heavy (non-hydrogen) atoms. The molecule has 0 saturated heterocycles. The quantitative estimate of drug-likeness (QED) is 0.520. The summed E-state index contributed by atoms with van der Waals surface area (Å²) in [5.41, 5.74) is 2.99. The fourth-order valence-corrected chi connectivity index (χ4v) is 4.02. The number of thioether (sulfide) groups is 1. The van der Waals surface area contributed by atoms with Gasteiger partial charge < -0.3 is 10.1 Å². The van der Waals surface area contributed by atoms with Crippen molar-refractivity contribution < 1.29 is 14.5 Å². The first-order chi connectivity index (χ1) is 13.6. The summed E-state index contributed by atoms with van der Waals surface area (Å²) in [5, 5.41) is 18.5. The molecule has 142 valence electrons. The van der Waals surface area contributed by atoms with Crippen LogP contribution in [0.1, 0.15) is 21.6 Å². The van der Waals surface area contributed by atoms with E-state index in [1.165, 1.54) is 12.1 Å². The molecule has 1 aromatic heterocycles. The Morgan fingerprint density at radius 3 is 2.75 bits per heavy atom. The fraction of sp³-hybridized carbons (Fsp3) is 0.158. The Kier molecular flexibility index (Phi) is 4.74. The number of non-ortho nitro benzene ring substituents is 1. The number of ether oxygens (including phenoxy) is 1. The second-order valence-corrected chi connectivity index (χ2v) is 7.12. The first kappa shape index (κ1) is 18.1. The van der Waals surface area contributed by atoms with Crippen LogP contribution in [0.25, 0.3) is 5.69 Å². The van der Waals surface area contributed by atoms with E-state index in [0.717, 1.165) is 22.8 Å². The predicted octanol–water partition coefficient (Wildman–Crippen LogP) is 3.79. The SMILES string of the molecule is COc1cccc(C(=O)Nc2c3c(nn2-c2ccc([N+](=O)[O-])cc2)CSC3)c1. The van der Waals surface area contributed by atoms with Gasteiger partial charge in [0.1, 0.15) is 11.6 Å². The summed E-state index contributed by atoms with van der Waals surface area (Å²) in [7, 11) is 1.55. The summed E-state index contributed by atoms with van der Waals surface area (Å²) in [6, 6.07) is 13.0. The Labute approximate surface area is 164 Å². The smallest absolute Gasteiger partial charge is 0.269 e. The molecule has 0 bridgehead atoms. The van der Waals surface area contributed by atoms with Gasteiger partial charge in [-0.25, -0.2) is 4.68 Å². The standard InChI is InChI=1S/C19H16N4O4S/c1-27-15-4-2-3-12(9-15)19(24)20-18-16-10-28-11-17(16)21-22(18)13-5-7-14(8-6-13)23(25)26/h2-9H,10-11H2,1H3,(H,20,24). The number of carbonyl (C=O) groups is 1. The van der Waals surface area contributed by atoms with Crippen molar-refractivity contribution in [2.75, 3.05) is 12.4 Å². The van der Waals surface area contributed by atoms with Crippen LogP contribution in [0.2, 0.25) is 0 Å². The number of hydrogen-bond donors (Lipinski definition) is 1. The molecular weight excluding hydrogens is 380 g/mol. The average molecular weight is 396 g/mol. The normalized spacial score (nSPS) is 12.5. The van der Waals surface area contributed by atoms with Crippen molar-refractivity contribution in [3.63, 3.8) is 0 Å². The van der Waals surface area contributed by atoms with E-state index in [4.69, 9.17) is 4.74 Å². The number of nitro groups is 1. The molecule has 1 amide bonds. The Hall–Kier alpha value is -3.33. The summed E-state index contributed by atoms with van der Waals surface area (Å²) < 4.78 is 6.81. The molecule has 0 radical (unpaired) electrons. The molecule has 0 saturated carbocycles. The van der Waals surface area contributed by atoms with Gasteiger partial charge in [-0.2, -0.15) is 16.9 Å². The molecule has 0 aliphatic carbocycles. The van der Waals surface area contributed by atoms with E-state index in [0.29, 0.717) is 22.8 Å². The number of amides is 1. The van der Waals surface area contributed by atoms with Crippen molar-refractivity contribution in [1.29, 1.82) is 0 Å². The minimum absolute atomic E-state index is 0.000897. The molecule has 0 fully saturated rings. The van der Waals surface area contributed by atoms with Crippen molar-refractivity contribution in [2.45, 2.75) is 11.5 Å². The van der Waals surface area contributed by atoms with Crippen molar-refractivity contribution in [2.24, 2.45) is 0 Å². The summed E-state index contributed by atoms with van der Waals surface area (Å²) in [5.74, 6) is 2.41. The minimum atomic E-state index is -0.449. The van der Waals surface area contributed by atoms with Crippen LogP contribution in [0.4, 0.5) is 11.5 Å². The highest BCUT2D eigenvalue weighted by Crippen LogP contribution is 2.36. The van der Waals surface area contributed by atoms with E-state index < -0.39 is 4.92 Å². The lowest BCUT2D eigenvalue weighted by Crippen LogP contribution is -2.16. The molecule has 0 unspecified atom stereocenters. The lowest BCUT2D eigenvalue weighted by atomic mass is 10.2. The largest absolute Gasteiger partial charge is 0.497 e. The number of hydrogen-bond acceptors (Lipinski definition) is 6. The molecular formula is C19H16N4O4S. The molecule has 2 heterocycles. The first-order valence-electron chi connectivity index (χ1n) is 8.45. The molecule has 1 N–H and O–H groups in total. The van der Waals surface area contributed by atoms with Crippen LogP contribution in [0.5, 0.6) is 5.75 Å². The Bertz CT molecular complexity index is 1060. The van der Waals surface area contributed by atoms with E-state index >= 15 is 0 Å². The van der Waals surface area contributed by atoms with Crippen LogP contribution in [-0.2, 0) is 11.5 Å². The second-order valence-electron chi connectivity index (χ2n) is 6.14. The number of rotatable bonds is 5. The van der Waals surface area contributed by atoms with Gasteiger partial charge in [0.25, 0.3) is 11.6 Å². The minimum Gasteiger partial charge on any atom is -0.497 e. The maximum atomic E-state index is 12.8. The van der Waals surface area contributed by atoms with E-state index in [1.54, 1.807) is 60.0 Å². The number of benzene rings is 2. The van der Waals surface area contributed by atoms with Crippen LogP contribution in [0, 0.1) is 10.1 Å². The zero-order valence-corrected chi connectivity index (χ0v) is 15.7. The lowest BCUT2D eigenvalue weighted by Gasteiger charge is -2.11. The van der Waals surface area contributed by atoms with Crippen molar-refractivity contribution in [3.05, 3.63) is 75.5 Å². The van der Waals surface area contributed by atoms with Crippen LogP contribution < -0.4 is 10.1 Å². The molecule has 0 atom stereocenters. The fourth-order valence-electron chi connectivity index (χ4n) is 2.99. The second kappa shape index (κ2) is 7.35. The summed E-state index contributed by atoms with van der Waals surface area (Å²) in [6.07, 6.45) is 0. The van der Waals surface area contributed by atoms with E-state index in [-0.39, 0.29) is 11.6 Å². The van der Waals surface area contributed by atoms with Gasteiger partial charge in [0, 0.05) is 34.8 Å². The van der Waals surface area contributed by atoms with Gasteiger partial charge >= 0.3 is 0 Å². The molecule has 9 heteroatoms. The van der Waals surface area contributed by atoms with E-state index in [2.05, 4.69) is 10.4 Å². The van der Waals surface area contributed by atoms with Gasteiger partial charge in [0.2, 0.25) is 0 Å².